The van der Waals surface area contributed by atoms with E-state index in [1.54, 1.807) is 0 Å². The van der Waals surface area contributed by atoms with Crippen molar-refractivity contribution >= 4 is 0 Å². The van der Waals surface area contributed by atoms with Crippen LogP contribution in [0.1, 0.15) is 46.5 Å². The standard InChI is InChI=1S/C12H22/c1-5-8-12(6-2)10-7-9-11(3)4/h6,9,12H,2,5,7-8,10H2,1,3-4H3. The van der Waals surface area contributed by atoms with Gasteiger partial charge in [0.1, 0.15) is 0 Å². The third-order valence-corrected chi connectivity index (χ3v) is 2.08. The summed E-state index contributed by atoms with van der Waals surface area (Å²) in [6, 6.07) is 0. The Morgan fingerprint density at radius 1 is 1.33 bits per heavy atom. The molecule has 12 heavy (non-hydrogen) atoms. The summed E-state index contributed by atoms with van der Waals surface area (Å²) in [5, 5.41) is 0. The van der Waals surface area contributed by atoms with Crippen molar-refractivity contribution in [2.75, 3.05) is 0 Å². The fourth-order valence-corrected chi connectivity index (χ4v) is 1.34. The van der Waals surface area contributed by atoms with Crippen molar-refractivity contribution < 1.29 is 0 Å². The van der Waals surface area contributed by atoms with Gasteiger partial charge in [0.25, 0.3) is 0 Å². The average Bonchev–Trinajstić information content (AvgIpc) is 2.02. The zero-order valence-corrected chi connectivity index (χ0v) is 8.77. The van der Waals surface area contributed by atoms with E-state index in [1.807, 2.05) is 0 Å². The second-order valence-corrected chi connectivity index (χ2v) is 3.64. The number of hydrogen-bond donors (Lipinski definition) is 0. The Kier molecular flexibility index (Phi) is 6.84. The van der Waals surface area contributed by atoms with Gasteiger partial charge in [0, 0.05) is 0 Å². The van der Waals surface area contributed by atoms with E-state index in [2.05, 4.69) is 39.5 Å². The predicted molar refractivity (Wildman–Crippen MR) is 57.3 cm³/mol. The lowest BCUT2D eigenvalue weighted by Gasteiger charge is -2.08. The van der Waals surface area contributed by atoms with Crippen molar-refractivity contribution in [1.29, 1.82) is 0 Å². The van der Waals surface area contributed by atoms with Crippen LogP contribution in [0.3, 0.4) is 0 Å². The highest BCUT2D eigenvalue weighted by Crippen LogP contribution is 2.15. The van der Waals surface area contributed by atoms with Gasteiger partial charge in [0.05, 0.1) is 0 Å². The Hall–Kier alpha value is -0.520. The predicted octanol–water partition coefficient (Wildman–Crippen LogP) is 4.34. The molecule has 0 heterocycles. The molecule has 0 aliphatic rings. The van der Waals surface area contributed by atoms with Gasteiger partial charge in [-0.15, -0.1) is 6.58 Å². The Labute approximate surface area is 77.4 Å². The summed E-state index contributed by atoms with van der Waals surface area (Å²) >= 11 is 0. The van der Waals surface area contributed by atoms with Crippen LogP contribution in [0.4, 0.5) is 0 Å². The summed E-state index contributed by atoms with van der Waals surface area (Å²) in [6.45, 7) is 10.4. The second kappa shape index (κ2) is 7.15. The molecule has 0 rings (SSSR count). The molecule has 0 aromatic carbocycles. The molecule has 0 amide bonds. The maximum Gasteiger partial charge on any atom is -0.0233 e. The molecule has 0 radical (unpaired) electrons. The largest absolute Gasteiger partial charge is 0.103 e. The summed E-state index contributed by atoms with van der Waals surface area (Å²) in [6.07, 6.45) is 9.45. The molecule has 1 atom stereocenters. The molecular weight excluding hydrogens is 144 g/mol. The summed E-state index contributed by atoms with van der Waals surface area (Å²) < 4.78 is 0. The van der Waals surface area contributed by atoms with Crippen LogP contribution in [0.15, 0.2) is 24.3 Å². The lowest BCUT2D eigenvalue weighted by Crippen LogP contribution is -1.94. The van der Waals surface area contributed by atoms with Crippen LogP contribution >= 0.6 is 0 Å². The van der Waals surface area contributed by atoms with Crippen LogP contribution in [0.2, 0.25) is 0 Å². The van der Waals surface area contributed by atoms with Gasteiger partial charge < -0.3 is 0 Å². The summed E-state index contributed by atoms with van der Waals surface area (Å²) in [5.74, 6) is 0.727. The fraction of sp³-hybridized carbons (Fsp3) is 0.667. The van der Waals surface area contributed by atoms with E-state index < -0.39 is 0 Å². The number of allylic oxidation sites excluding steroid dienone is 3. The summed E-state index contributed by atoms with van der Waals surface area (Å²) in [4.78, 5) is 0. The van der Waals surface area contributed by atoms with Gasteiger partial charge >= 0.3 is 0 Å². The Balaban J connectivity index is 3.58. The van der Waals surface area contributed by atoms with Gasteiger partial charge in [-0.1, -0.05) is 31.1 Å². The second-order valence-electron chi connectivity index (χ2n) is 3.64. The lowest BCUT2D eigenvalue weighted by molar-refractivity contribution is 0.542. The molecule has 0 fully saturated rings. The minimum Gasteiger partial charge on any atom is -0.103 e. The maximum atomic E-state index is 3.86. The zero-order chi connectivity index (χ0) is 9.40. The molecule has 0 heteroatoms. The minimum atomic E-state index is 0.727. The van der Waals surface area contributed by atoms with Crippen molar-refractivity contribution in [1.82, 2.24) is 0 Å². The number of rotatable bonds is 6. The fourth-order valence-electron chi connectivity index (χ4n) is 1.34. The van der Waals surface area contributed by atoms with Crippen molar-refractivity contribution in [3.8, 4) is 0 Å². The normalized spacial score (nSPS) is 12.2. The van der Waals surface area contributed by atoms with E-state index in [0.29, 0.717) is 0 Å². The first kappa shape index (κ1) is 11.5. The van der Waals surface area contributed by atoms with E-state index in [9.17, 15) is 0 Å². The Morgan fingerprint density at radius 3 is 2.42 bits per heavy atom. The molecule has 0 aromatic rings. The molecule has 70 valence electrons. The van der Waals surface area contributed by atoms with Crippen molar-refractivity contribution in [3.63, 3.8) is 0 Å². The highest BCUT2D eigenvalue weighted by Gasteiger charge is 2.00. The molecule has 0 bridgehead atoms. The Morgan fingerprint density at radius 2 is 2.00 bits per heavy atom. The zero-order valence-electron chi connectivity index (χ0n) is 8.77. The summed E-state index contributed by atoms with van der Waals surface area (Å²) in [7, 11) is 0. The third kappa shape index (κ3) is 6.21. The smallest absolute Gasteiger partial charge is 0.0233 e. The lowest BCUT2D eigenvalue weighted by atomic mass is 9.98. The van der Waals surface area contributed by atoms with Crippen molar-refractivity contribution in [2.45, 2.75) is 46.5 Å². The van der Waals surface area contributed by atoms with Gasteiger partial charge in [0.2, 0.25) is 0 Å². The van der Waals surface area contributed by atoms with Crippen LogP contribution in [-0.4, -0.2) is 0 Å². The van der Waals surface area contributed by atoms with E-state index in [1.165, 1.54) is 31.3 Å². The Bertz CT molecular complexity index is 138. The van der Waals surface area contributed by atoms with Crippen molar-refractivity contribution in [2.24, 2.45) is 5.92 Å². The quantitative estimate of drug-likeness (QED) is 0.515. The monoisotopic (exact) mass is 166 g/mol. The van der Waals surface area contributed by atoms with E-state index >= 15 is 0 Å². The SMILES string of the molecule is C=CC(CCC)CCC=C(C)C. The first-order valence-corrected chi connectivity index (χ1v) is 4.96. The summed E-state index contributed by atoms with van der Waals surface area (Å²) in [5.41, 5.74) is 1.43. The van der Waals surface area contributed by atoms with E-state index in [-0.39, 0.29) is 0 Å². The number of hydrogen-bond acceptors (Lipinski definition) is 0. The third-order valence-electron chi connectivity index (χ3n) is 2.08. The molecule has 1 unspecified atom stereocenters. The van der Waals surface area contributed by atoms with Gasteiger partial charge in [-0.3, -0.25) is 0 Å². The molecule has 0 saturated heterocycles. The van der Waals surface area contributed by atoms with Crippen LogP contribution < -0.4 is 0 Å². The van der Waals surface area contributed by atoms with Crippen LogP contribution in [-0.2, 0) is 0 Å². The highest BCUT2D eigenvalue weighted by molar-refractivity contribution is 4.93. The molecule has 0 nitrogen and oxygen atoms in total. The van der Waals surface area contributed by atoms with Crippen LogP contribution in [0.5, 0.6) is 0 Å². The first-order valence-electron chi connectivity index (χ1n) is 4.96. The van der Waals surface area contributed by atoms with Gasteiger partial charge in [-0.25, -0.2) is 0 Å². The average molecular weight is 166 g/mol. The van der Waals surface area contributed by atoms with Gasteiger partial charge in [-0.05, 0) is 39.0 Å². The van der Waals surface area contributed by atoms with Crippen LogP contribution in [0.25, 0.3) is 0 Å². The molecular formula is C12H22. The molecule has 0 saturated carbocycles. The molecule has 0 spiro atoms. The van der Waals surface area contributed by atoms with Crippen LogP contribution in [0, 0.1) is 5.92 Å². The van der Waals surface area contributed by atoms with E-state index in [0.717, 1.165) is 5.92 Å². The topological polar surface area (TPSA) is 0 Å². The maximum absolute atomic E-state index is 3.86. The first-order chi connectivity index (χ1) is 5.70. The van der Waals surface area contributed by atoms with Crippen molar-refractivity contribution in [3.05, 3.63) is 24.3 Å². The minimum absolute atomic E-state index is 0.727. The van der Waals surface area contributed by atoms with Gasteiger partial charge in [-0.2, -0.15) is 0 Å². The highest BCUT2D eigenvalue weighted by atomic mass is 14.1. The molecule has 0 aliphatic carbocycles. The van der Waals surface area contributed by atoms with E-state index in [4.69, 9.17) is 0 Å². The molecule has 0 aliphatic heterocycles. The molecule has 0 N–H and O–H groups in total. The molecule has 0 aromatic heterocycles. The van der Waals surface area contributed by atoms with Gasteiger partial charge in [0.15, 0.2) is 0 Å².